The van der Waals surface area contributed by atoms with E-state index in [-0.39, 0.29) is 22.0 Å². The molecule has 0 radical (unpaired) electrons. The van der Waals surface area contributed by atoms with E-state index < -0.39 is 14.9 Å². The summed E-state index contributed by atoms with van der Waals surface area (Å²) in [6, 6.07) is 9.87. The first-order chi connectivity index (χ1) is 13.8. The van der Waals surface area contributed by atoms with Gasteiger partial charge in [-0.2, -0.15) is 5.10 Å². The fraction of sp³-hybridized carbons (Fsp3) is 0.316. The van der Waals surface area contributed by atoms with Crippen molar-refractivity contribution in [2.45, 2.75) is 43.4 Å². The molecule has 1 saturated carbocycles. The van der Waals surface area contributed by atoms with Gasteiger partial charge in [-0.25, -0.2) is 8.42 Å². The largest absolute Gasteiger partial charge is 0.295 e. The molecule has 154 valence electrons. The lowest BCUT2D eigenvalue weighted by atomic mass is 10.2. The predicted octanol–water partition coefficient (Wildman–Crippen LogP) is 5.17. The molecule has 10 heteroatoms. The van der Waals surface area contributed by atoms with Crippen molar-refractivity contribution in [3.05, 3.63) is 57.6 Å². The van der Waals surface area contributed by atoms with E-state index in [2.05, 4.69) is 15.2 Å². The van der Waals surface area contributed by atoms with Gasteiger partial charge in [0.1, 0.15) is 5.69 Å². The van der Waals surface area contributed by atoms with Crippen LogP contribution in [0.3, 0.4) is 0 Å². The van der Waals surface area contributed by atoms with Crippen molar-refractivity contribution in [3.8, 4) is 0 Å². The van der Waals surface area contributed by atoms with Crippen LogP contribution in [0.15, 0.2) is 52.5 Å². The first-order valence-corrected chi connectivity index (χ1v) is 11.1. The molecule has 1 aliphatic rings. The van der Waals surface area contributed by atoms with Gasteiger partial charge in [0.05, 0.1) is 15.5 Å². The van der Waals surface area contributed by atoms with Crippen LogP contribution in [0.1, 0.15) is 38.5 Å². The van der Waals surface area contributed by atoms with Gasteiger partial charge in [0.25, 0.3) is 15.7 Å². The van der Waals surface area contributed by atoms with Gasteiger partial charge in [0.15, 0.2) is 0 Å². The van der Waals surface area contributed by atoms with Gasteiger partial charge in [0.2, 0.25) is 0 Å². The third-order valence-corrected chi connectivity index (χ3v) is 6.18. The number of sulfonamides is 1. The van der Waals surface area contributed by atoms with Crippen molar-refractivity contribution in [1.29, 1.82) is 0 Å². The lowest BCUT2D eigenvalue weighted by Crippen LogP contribution is -2.13. The van der Waals surface area contributed by atoms with Gasteiger partial charge in [0, 0.05) is 16.8 Å². The minimum atomic E-state index is -4.02. The summed E-state index contributed by atoms with van der Waals surface area (Å²) in [6.45, 7) is 0. The Kier molecular flexibility index (Phi) is 6.71. The lowest BCUT2D eigenvalue weighted by Gasteiger charge is -2.10. The van der Waals surface area contributed by atoms with Crippen LogP contribution in [0.4, 0.5) is 17.1 Å². The summed E-state index contributed by atoms with van der Waals surface area (Å²) >= 11 is 5.87. The quantitative estimate of drug-likeness (QED) is 0.368. The summed E-state index contributed by atoms with van der Waals surface area (Å²) < 4.78 is 27.6. The predicted molar refractivity (Wildman–Crippen MR) is 114 cm³/mol. The standard InChI is InChI=1S/C19H21ClN4O4S/c20-14-6-5-9-16(12-14)23-29(27,28)17-10-11-18(19(13-17)24(25)26)22-21-15-7-3-1-2-4-8-15/h5-6,9-13,22-23H,1-4,7-8H2. The van der Waals surface area contributed by atoms with E-state index in [4.69, 9.17) is 11.6 Å². The van der Waals surface area contributed by atoms with Crippen molar-refractivity contribution in [3.63, 3.8) is 0 Å². The second kappa shape index (κ2) is 9.23. The molecule has 1 fully saturated rings. The minimum Gasteiger partial charge on any atom is -0.280 e. The smallest absolute Gasteiger partial charge is 0.280 e. The molecule has 0 bridgehead atoms. The number of rotatable bonds is 6. The lowest BCUT2D eigenvalue weighted by molar-refractivity contribution is -0.384. The van der Waals surface area contributed by atoms with Crippen molar-refractivity contribution in [2.75, 3.05) is 10.1 Å². The Hall–Kier alpha value is -2.65. The first kappa shape index (κ1) is 21.1. The second-order valence-electron chi connectivity index (χ2n) is 6.76. The van der Waals surface area contributed by atoms with E-state index in [1.54, 1.807) is 12.1 Å². The monoisotopic (exact) mass is 436 g/mol. The van der Waals surface area contributed by atoms with E-state index in [0.29, 0.717) is 5.02 Å². The van der Waals surface area contributed by atoms with E-state index in [1.165, 1.54) is 24.3 Å². The minimum absolute atomic E-state index is 0.147. The summed E-state index contributed by atoms with van der Waals surface area (Å²) in [7, 11) is -4.02. The molecule has 8 nitrogen and oxygen atoms in total. The topological polar surface area (TPSA) is 114 Å². The number of anilines is 2. The summed E-state index contributed by atoms with van der Waals surface area (Å²) in [5.74, 6) is 0. The number of hydrogen-bond donors (Lipinski definition) is 2. The summed E-state index contributed by atoms with van der Waals surface area (Å²) in [6.07, 6.45) is 6.13. The Morgan fingerprint density at radius 3 is 2.41 bits per heavy atom. The number of benzene rings is 2. The van der Waals surface area contributed by atoms with Gasteiger partial charge in [-0.1, -0.05) is 30.5 Å². The molecule has 0 amide bonds. The van der Waals surface area contributed by atoms with E-state index in [0.717, 1.165) is 50.3 Å². The zero-order valence-corrected chi connectivity index (χ0v) is 17.2. The summed E-state index contributed by atoms with van der Waals surface area (Å²) in [4.78, 5) is 10.6. The Bertz CT molecular complexity index is 1030. The zero-order valence-electron chi connectivity index (χ0n) is 15.6. The van der Waals surface area contributed by atoms with Crippen LogP contribution in [0, 0.1) is 10.1 Å². The number of hydrazone groups is 1. The third kappa shape index (κ3) is 5.68. The van der Waals surface area contributed by atoms with Crippen LogP contribution < -0.4 is 10.1 Å². The molecule has 2 aromatic carbocycles. The molecule has 0 saturated heterocycles. The van der Waals surface area contributed by atoms with Gasteiger partial charge >= 0.3 is 0 Å². The number of hydrogen-bond acceptors (Lipinski definition) is 6. The highest BCUT2D eigenvalue weighted by Crippen LogP contribution is 2.29. The molecule has 2 N–H and O–H groups in total. The van der Waals surface area contributed by atoms with Crippen molar-refractivity contribution < 1.29 is 13.3 Å². The van der Waals surface area contributed by atoms with Gasteiger partial charge in [-0.15, -0.1) is 0 Å². The fourth-order valence-corrected chi connectivity index (χ4v) is 4.34. The maximum Gasteiger partial charge on any atom is 0.295 e. The Morgan fingerprint density at radius 2 is 1.76 bits per heavy atom. The molecule has 0 unspecified atom stereocenters. The zero-order chi connectivity index (χ0) is 20.9. The Morgan fingerprint density at radius 1 is 1.03 bits per heavy atom. The molecular formula is C19H21ClN4O4S. The molecular weight excluding hydrogens is 416 g/mol. The molecule has 0 heterocycles. The van der Waals surface area contributed by atoms with E-state index in [1.807, 2.05) is 0 Å². The van der Waals surface area contributed by atoms with Crippen LogP contribution in [0.5, 0.6) is 0 Å². The van der Waals surface area contributed by atoms with E-state index in [9.17, 15) is 18.5 Å². The average Bonchev–Trinajstić information content (AvgIpc) is 2.94. The summed E-state index contributed by atoms with van der Waals surface area (Å²) in [5, 5.41) is 16.2. The summed E-state index contributed by atoms with van der Waals surface area (Å²) in [5.41, 5.74) is 3.76. The van der Waals surface area contributed by atoms with Gasteiger partial charge in [-0.3, -0.25) is 20.3 Å². The second-order valence-corrected chi connectivity index (χ2v) is 8.87. The average molecular weight is 437 g/mol. The number of nitrogens with one attached hydrogen (secondary N) is 2. The molecule has 0 atom stereocenters. The number of nitro groups is 1. The van der Waals surface area contributed by atoms with Crippen LogP contribution >= 0.6 is 11.6 Å². The van der Waals surface area contributed by atoms with Crippen molar-refractivity contribution >= 4 is 44.4 Å². The molecule has 2 aromatic rings. The maximum atomic E-state index is 12.6. The van der Waals surface area contributed by atoms with Crippen molar-refractivity contribution in [2.24, 2.45) is 5.10 Å². The molecule has 1 aliphatic carbocycles. The molecule has 0 aliphatic heterocycles. The SMILES string of the molecule is O=[N+]([O-])c1cc(S(=O)(=O)Nc2cccc(Cl)c2)ccc1NN=C1CCCCCC1. The normalized spacial score (nSPS) is 14.7. The highest BCUT2D eigenvalue weighted by Gasteiger charge is 2.22. The van der Waals surface area contributed by atoms with Gasteiger partial charge in [-0.05, 0) is 56.0 Å². The Balaban J connectivity index is 1.85. The number of nitrogens with zero attached hydrogens (tertiary/aromatic N) is 2. The van der Waals surface area contributed by atoms with Crippen LogP contribution in [0.25, 0.3) is 0 Å². The van der Waals surface area contributed by atoms with Crippen LogP contribution in [-0.4, -0.2) is 19.1 Å². The molecule has 0 aromatic heterocycles. The van der Waals surface area contributed by atoms with Gasteiger partial charge < -0.3 is 0 Å². The highest BCUT2D eigenvalue weighted by atomic mass is 35.5. The van der Waals surface area contributed by atoms with Crippen LogP contribution in [0.2, 0.25) is 5.02 Å². The molecule has 29 heavy (non-hydrogen) atoms. The molecule has 3 rings (SSSR count). The maximum absolute atomic E-state index is 12.6. The van der Waals surface area contributed by atoms with Crippen molar-refractivity contribution in [1.82, 2.24) is 0 Å². The van der Waals surface area contributed by atoms with E-state index >= 15 is 0 Å². The third-order valence-electron chi connectivity index (χ3n) is 4.57. The fourth-order valence-electron chi connectivity index (χ4n) is 3.08. The Labute approximate surface area is 174 Å². The molecule has 0 spiro atoms. The van der Waals surface area contributed by atoms with Crippen LogP contribution in [-0.2, 0) is 10.0 Å². The first-order valence-electron chi connectivity index (χ1n) is 9.23. The number of nitro benzene ring substituents is 1. The highest BCUT2D eigenvalue weighted by molar-refractivity contribution is 7.92. The number of halogens is 1.